The predicted octanol–water partition coefficient (Wildman–Crippen LogP) is 0.455. The van der Waals surface area contributed by atoms with Gasteiger partial charge in [0.1, 0.15) is 10.7 Å². The molecule has 0 saturated heterocycles. The van der Waals surface area contributed by atoms with Crippen LogP contribution in [0, 0.1) is 5.82 Å². The molecule has 3 N–H and O–H groups in total. The quantitative estimate of drug-likeness (QED) is 0.787. The first-order valence-electron chi connectivity index (χ1n) is 4.22. The number of nitrogens with two attached hydrogens (primary N) is 1. The largest absolute Gasteiger partial charge is 0.398 e. The van der Waals surface area contributed by atoms with E-state index in [0.29, 0.717) is 0 Å². The fourth-order valence-electron chi connectivity index (χ4n) is 1.15. The monoisotopic (exact) mass is 275 g/mol. The van der Waals surface area contributed by atoms with E-state index in [0.717, 1.165) is 17.6 Å². The molecule has 0 fully saturated rings. The van der Waals surface area contributed by atoms with Crippen LogP contribution in [0.3, 0.4) is 0 Å². The summed E-state index contributed by atoms with van der Waals surface area (Å²) in [4.78, 5) is -0.616. The first-order valence-corrected chi connectivity index (χ1v) is 6.48. The second kappa shape index (κ2) is 4.22. The van der Waals surface area contributed by atoms with E-state index in [2.05, 4.69) is 14.8 Å². The highest BCUT2D eigenvalue weighted by atomic mass is 32.2. The summed E-state index contributed by atoms with van der Waals surface area (Å²) in [5.74, 6) is -0.935. The third-order valence-electron chi connectivity index (χ3n) is 1.79. The summed E-state index contributed by atoms with van der Waals surface area (Å²) in [6, 6.07) is 3.61. The Balaban J connectivity index is 2.45. The van der Waals surface area contributed by atoms with Gasteiger partial charge in [-0.2, -0.15) is 0 Å². The molecular weight excluding hydrogens is 269 g/mol. The molecule has 17 heavy (non-hydrogen) atoms. The van der Waals surface area contributed by atoms with Crippen molar-refractivity contribution in [3.05, 3.63) is 24.0 Å². The van der Waals surface area contributed by atoms with Crippen molar-refractivity contribution in [2.45, 2.75) is 4.90 Å². The van der Waals surface area contributed by atoms with Crippen molar-refractivity contribution in [3.63, 3.8) is 0 Å². The zero-order valence-corrected chi connectivity index (χ0v) is 9.79. The average Bonchev–Trinajstić information content (AvgIpc) is 2.68. The van der Waals surface area contributed by atoms with Crippen LogP contribution in [0.2, 0.25) is 0 Å². The van der Waals surface area contributed by atoms with Crippen LogP contribution >= 0.6 is 11.5 Å². The van der Waals surface area contributed by atoms with Gasteiger partial charge in [-0.1, -0.05) is 15.7 Å². The third kappa shape index (κ3) is 2.31. The molecular formula is C7H6FN5O2S2. The van der Waals surface area contributed by atoms with E-state index in [9.17, 15) is 12.8 Å². The molecule has 1 aromatic carbocycles. The van der Waals surface area contributed by atoms with Crippen LogP contribution in [0.1, 0.15) is 0 Å². The Labute approximate surface area is 99.7 Å². The van der Waals surface area contributed by atoms with E-state index < -0.39 is 20.7 Å². The number of nitrogens with one attached hydrogen (secondary N) is 1. The summed E-state index contributed by atoms with van der Waals surface area (Å²) in [6.07, 6.45) is 0. The van der Waals surface area contributed by atoms with E-state index in [1.54, 1.807) is 0 Å². The van der Waals surface area contributed by atoms with E-state index in [4.69, 9.17) is 5.73 Å². The molecule has 90 valence electrons. The standard InChI is InChI=1S/C7H6FN5O2S2/c8-4-2-1-3-5(9)6(4)17(14,15)11-7-10-12-13-16-7/h1-3H,9H2,(H,10,11,13). The van der Waals surface area contributed by atoms with Gasteiger partial charge in [0.2, 0.25) is 5.13 Å². The lowest BCUT2D eigenvalue weighted by molar-refractivity contribution is 0.571. The fraction of sp³-hybridized carbons (Fsp3) is 0. The molecule has 0 aliphatic heterocycles. The van der Waals surface area contributed by atoms with Gasteiger partial charge >= 0.3 is 0 Å². The predicted molar refractivity (Wildman–Crippen MR) is 59.3 cm³/mol. The number of nitrogen functional groups attached to an aromatic ring is 1. The lowest BCUT2D eigenvalue weighted by Crippen LogP contribution is -2.16. The number of sulfonamides is 1. The molecule has 2 aromatic rings. The Morgan fingerprint density at radius 1 is 1.41 bits per heavy atom. The number of anilines is 2. The summed E-state index contributed by atoms with van der Waals surface area (Å²) in [6.45, 7) is 0. The Morgan fingerprint density at radius 2 is 2.18 bits per heavy atom. The Hall–Kier alpha value is -1.81. The Kier molecular flexibility index (Phi) is 2.90. The number of aromatic nitrogens is 3. The van der Waals surface area contributed by atoms with E-state index >= 15 is 0 Å². The van der Waals surface area contributed by atoms with Crippen LogP contribution in [-0.4, -0.2) is 23.2 Å². The van der Waals surface area contributed by atoms with Gasteiger partial charge in [0.05, 0.1) is 5.69 Å². The molecule has 0 spiro atoms. The van der Waals surface area contributed by atoms with Crippen LogP contribution in [0.15, 0.2) is 23.1 Å². The van der Waals surface area contributed by atoms with Crippen molar-refractivity contribution in [1.29, 1.82) is 0 Å². The minimum absolute atomic E-state index is 0.0624. The van der Waals surface area contributed by atoms with Crippen molar-refractivity contribution >= 4 is 32.4 Å². The maximum Gasteiger partial charge on any atom is 0.268 e. The van der Waals surface area contributed by atoms with Gasteiger partial charge < -0.3 is 5.73 Å². The number of hydrogen-bond acceptors (Lipinski definition) is 7. The number of hydrogen-bond donors (Lipinski definition) is 2. The van der Waals surface area contributed by atoms with Crippen molar-refractivity contribution in [2.75, 3.05) is 10.5 Å². The molecule has 10 heteroatoms. The topological polar surface area (TPSA) is 111 Å². The van der Waals surface area contributed by atoms with Gasteiger partial charge in [0.15, 0.2) is 0 Å². The molecule has 1 aromatic heterocycles. The minimum atomic E-state index is -4.13. The van der Waals surface area contributed by atoms with Crippen LogP contribution in [-0.2, 0) is 10.0 Å². The number of rotatable bonds is 3. The molecule has 0 bridgehead atoms. The zero-order valence-electron chi connectivity index (χ0n) is 8.16. The van der Waals surface area contributed by atoms with Gasteiger partial charge in [0, 0.05) is 11.5 Å². The van der Waals surface area contributed by atoms with E-state index in [-0.39, 0.29) is 10.8 Å². The zero-order chi connectivity index (χ0) is 12.5. The van der Waals surface area contributed by atoms with Gasteiger partial charge in [-0.25, -0.2) is 12.8 Å². The van der Waals surface area contributed by atoms with Crippen molar-refractivity contribution in [1.82, 2.24) is 14.8 Å². The molecule has 0 aliphatic carbocycles. The molecule has 1 heterocycles. The minimum Gasteiger partial charge on any atom is -0.398 e. The second-order valence-corrected chi connectivity index (χ2v) is 5.28. The molecule has 0 aliphatic rings. The lowest BCUT2D eigenvalue weighted by Gasteiger charge is -2.07. The van der Waals surface area contributed by atoms with E-state index in [1.165, 1.54) is 12.1 Å². The summed E-state index contributed by atoms with van der Waals surface area (Å²) in [5.41, 5.74) is 5.24. The fourth-order valence-corrected chi connectivity index (χ4v) is 2.93. The summed E-state index contributed by atoms with van der Waals surface area (Å²) in [5, 5.41) is 6.54. The molecule has 0 atom stereocenters. The highest BCUT2D eigenvalue weighted by Gasteiger charge is 2.23. The molecule has 0 radical (unpaired) electrons. The second-order valence-electron chi connectivity index (χ2n) is 2.93. The maximum atomic E-state index is 13.4. The average molecular weight is 275 g/mol. The first kappa shape index (κ1) is 11.7. The van der Waals surface area contributed by atoms with Crippen LogP contribution in [0.4, 0.5) is 15.2 Å². The summed E-state index contributed by atoms with van der Waals surface area (Å²) in [7, 11) is -4.13. The first-order chi connectivity index (χ1) is 8.00. The van der Waals surface area contributed by atoms with Gasteiger partial charge in [0.25, 0.3) is 10.0 Å². The van der Waals surface area contributed by atoms with Gasteiger partial charge in [-0.05, 0) is 17.3 Å². The highest BCUT2D eigenvalue weighted by Crippen LogP contribution is 2.24. The molecule has 2 rings (SSSR count). The van der Waals surface area contributed by atoms with Crippen LogP contribution < -0.4 is 10.5 Å². The number of benzene rings is 1. The molecule has 7 nitrogen and oxygen atoms in total. The van der Waals surface area contributed by atoms with Crippen molar-refractivity contribution in [3.8, 4) is 0 Å². The van der Waals surface area contributed by atoms with E-state index in [1.807, 2.05) is 4.72 Å². The normalized spacial score (nSPS) is 11.4. The smallest absolute Gasteiger partial charge is 0.268 e. The van der Waals surface area contributed by atoms with Gasteiger partial charge in [-0.15, -0.1) is 0 Å². The Bertz CT molecular complexity index is 607. The van der Waals surface area contributed by atoms with Gasteiger partial charge in [-0.3, -0.25) is 4.72 Å². The third-order valence-corrected chi connectivity index (χ3v) is 3.86. The summed E-state index contributed by atoms with van der Waals surface area (Å²) < 4.78 is 42.5. The summed E-state index contributed by atoms with van der Waals surface area (Å²) >= 11 is 0.730. The van der Waals surface area contributed by atoms with Crippen LogP contribution in [0.25, 0.3) is 0 Å². The lowest BCUT2D eigenvalue weighted by atomic mass is 10.3. The SMILES string of the molecule is Nc1cccc(F)c1S(=O)(=O)Nc1nnns1. The van der Waals surface area contributed by atoms with Crippen molar-refractivity contribution < 1.29 is 12.8 Å². The highest BCUT2D eigenvalue weighted by molar-refractivity contribution is 7.93. The van der Waals surface area contributed by atoms with Crippen LogP contribution in [0.5, 0.6) is 0 Å². The number of nitrogens with zero attached hydrogens (tertiary/aromatic N) is 3. The molecule has 0 amide bonds. The molecule has 0 saturated carbocycles. The molecule has 0 unspecified atom stereocenters. The Morgan fingerprint density at radius 3 is 2.76 bits per heavy atom. The number of halogens is 1. The maximum absolute atomic E-state index is 13.4. The van der Waals surface area contributed by atoms with Crippen molar-refractivity contribution in [2.24, 2.45) is 0 Å².